The summed E-state index contributed by atoms with van der Waals surface area (Å²) in [5.74, 6) is 0. The molecular formula is C12H16BrN3S2. The standard InChI is InChI=1S/C12H16BrN3S2/c1-3-4-9-12(18-16-15-9)10(14-2)7-11-8(13)5-6-17-11/h5-6,10,14H,3-4,7H2,1-2H3. The molecule has 3 nitrogen and oxygen atoms in total. The van der Waals surface area contributed by atoms with Crippen LogP contribution in [0.2, 0.25) is 0 Å². The summed E-state index contributed by atoms with van der Waals surface area (Å²) in [6, 6.07) is 2.41. The van der Waals surface area contributed by atoms with Crippen LogP contribution in [0.15, 0.2) is 15.9 Å². The lowest BCUT2D eigenvalue weighted by Crippen LogP contribution is -2.18. The molecule has 0 saturated heterocycles. The highest BCUT2D eigenvalue weighted by molar-refractivity contribution is 9.10. The Balaban J connectivity index is 2.17. The van der Waals surface area contributed by atoms with Gasteiger partial charge in [0, 0.05) is 21.8 Å². The number of hydrogen-bond donors (Lipinski definition) is 1. The minimum atomic E-state index is 0.307. The molecule has 0 saturated carbocycles. The van der Waals surface area contributed by atoms with E-state index >= 15 is 0 Å². The number of hydrogen-bond acceptors (Lipinski definition) is 5. The number of aryl methyl sites for hydroxylation is 1. The Morgan fingerprint density at radius 2 is 2.33 bits per heavy atom. The monoisotopic (exact) mass is 345 g/mol. The second-order valence-corrected chi connectivity index (χ2v) is 6.71. The summed E-state index contributed by atoms with van der Waals surface area (Å²) in [4.78, 5) is 2.64. The van der Waals surface area contributed by atoms with Crippen LogP contribution in [0.25, 0.3) is 0 Å². The number of thiophene rings is 1. The summed E-state index contributed by atoms with van der Waals surface area (Å²) in [6.07, 6.45) is 3.10. The van der Waals surface area contributed by atoms with Crippen molar-refractivity contribution in [3.05, 3.63) is 31.4 Å². The molecule has 1 N–H and O–H groups in total. The molecule has 0 radical (unpaired) electrons. The molecule has 0 aromatic carbocycles. The van der Waals surface area contributed by atoms with E-state index < -0.39 is 0 Å². The molecule has 2 heterocycles. The predicted octanol–water partition coefficient (Wildman–Crippen LogP) is 3.82. The van der Waals surface area contributed by atoms with Gasteiger partial charge in [-0.05, 0) is 52.4 Å². The van der Waals surface area contributed by atoms with Crippen molar-refractivity contribution >= 4 is 38.8 Å². The number of aromatic nitrogens is 2. The second-order valence-electron chi connectivity index (χ2n) is 4.07. The molecule has 0 bridgehead atoms. The normalized spacial score (nSPS) is 12.8. The van der Waals surface area contributed by atoms with Crippen LogP contribution >= 0.6 is 38.8 Å². The Morgan fingerprint density at radius 1 is 1.50 bits per heavy atom. The number of nitrogens with zero attached hydrogens (tertiary/aromatic N) is 2. The molecule has 98 valence electrons. The van der Waals surface area contributed by atoms with Crippen molar-refractivity contribution in [3.63, 3.8) is 0 Å². The van der Waals surface area contributed by atoms with E-state index in [-0.39, 0.29) is 0 Å². The van der Waals surface area contributed by atoms with E-state index in [1.54, 1.807) is 11.3 Å². The smallest absolute Gasteiger partial charge is 0.0803 e. The lowest BCUT2D eigenvalue weighted by molar-refractivity contribution is 0.597. The quantitative estimate of drug-likeness (QED) is 0.864. The van der Waals surface area contributed by atoms with Gasteiger partial charge in [0.15, 0.2) is 0 Å². The van der Waals surface area contributed by atoms with E-state index in [1.807, 2.05) is 7.05 Å². The number of nitrogens with one attached hydrogen (secondary N) is 1. The highest BCUT2D eigenvalue weighted by Gasteiger charge is 2.19. The van der Waals surface area contributed by atoms with Crippen molar-refractivity contribution in [2.75, 3.05) is 7.05 Å². The zero-order chi connectivity index (χ0) is 13.0. The number of likely N-dealkylation sites (N-methyl/N-ethyl adjacent to an activating group) is 1. The Morgan fingerprint density at radius 3 is 2.94 bits per heavy atom. The van der Waals surface area contributed by atoms with Gasteiger partial charge in [-0.25, -0.2) is 0 Å². The Labute approximate surface area is 124 Å². The summed E-state index contributed by atoms with van der Waals surface area (Å²) >= 11 is 6.89. The summed E-state index contributed by atoms with van der Waals surface area (Å²) in [5, 5.41) is 9.75. The molecular weight excluding hydrogens is 330 g/mol. The first-order chi connectivity index (χ1) is 8.76. The third kappa shape index (κ3) is 3.17. The first-order valence-corrected chi connectivity index (χ1v) is 8.41. The van der Waals surface area contributed by atoms with Gasteiger partial charge in [-0.15, -0.1) is 16.4 Å². The highest BCUT2D eigenvalue weighted by atomic mass is 79.9. The molecule has 0 amide bonds. The van der Waals surface area contributed by atoms with Crippen LogP contribution in [0, 0.1) is 0 Å². The van der Waals surface area contributed by atoms with Gasteiger partial charge in [0.2, 0.25) is 0 Å². The molecule has 1 atom stereocenters. The highest BCUT2D eigenvalue weighted by Crippen LogP contribution is 2.30. The molecule has 0 aliphatic heterocycles. The van der Waals surface area contributed by atoms with Crippen LogP contribution in [0.5, 0.6) is 0 Å². The van der Waals surface area contributed by atoms with Crippen molar-refractivity contribution in [2.24, 2.45) is 0 Å². The van der Waals surface area contributed by atoms with Crippen LogP contribution in [0.1, 0.15) is 34.8 Å². The van der Waals surface area contributed by atoms with Gasteiger partial charge in [-0.1, -0.05) is 17.8 Å². The minimum Gasteiger partial charge on any atom is -0.312 e. The predicted molar refractivity (Wildman–Crippen MR) is 81.4 cm³/mol. The summed E-state index contributed by atoms with van der Waals surface area (Å²) in [6.45, 7) is 2.17. The summed E-state index contributed by atoms with van der Waals surface area (Å²) < 4.78 is 5.30. The van der Waals surface area contributed by atoms with Gasteiger partial charge in [-0.2, -0.15) is 0 Å². The molecule has 6 heteroatoms. The third-order valence-electron chi connectivity index (χ3n) is 2.82. The van der Waals surface area contributed by atoms with E-state index in [9.17, 15) is 0 Å². The van der Waals surface area contributed by atoms with E-state index in [4.69, 9.17) is 0 Å². The SMILES string of the molecule is CCCc1nnsc1C(Cc1sccc1Br)NC. The molecule has 0 aliphatic carbocycles. The van der Waals surface area contributed by atoms with Crippen LogP contribution in [0.3, 0.4) is 0 Å². The van der Waals surface area contributed by atoms with Crippen molar-refractivity contribution in [1.29, 1.82) is 0 Å². The number of halogens is 1. The molecule has 0 aliphatic rings. The molecule has 2 aromatic rings. The summed E-state index contributed by atoms with van der Waals surface area (Å²) in [5.41, 5.74) is 1.15. The van der Waals surface area contributed by atoms with Gasteiger partial charge >= 0.3 is 0 Å². The lowest BCUT2D eigenvalue weighted by Gasteiger charge is -2.14. The fourth-order valence-electron chi connectivity index (χ4n) is 1.87. The minimum absolute atomic E-state index is 0.307. The van der Waals surface area contributed by atoms with E-state index in [2.05, 4.69) is 49.2 Å². The largest absolute Gasteiger partial charge is 0.312 e. The molecule has 2 rings (SSSR count). The topological polar surface area (TPSA) is 37.8 Å². The molecule has 18 heavy (non-hydrogen) atoms. The lowest BCUT2D eigenvalue weighted by atomic mass is 10.1. The molecule has 2 aromatic heterocycles. The van der Waals surface area contributed by atoms with Crippen LogP contribution in [0.4, 0.5) is 0 Å². The summed E-state index contributed by atoms with van der Waals surface area (Å²) in [7, 11) is 2.00. The zero-order valence-corrected chi connectivity index (χ0v) is 13.7. The van der Waals surface area contributed by atoms with Gasteiger partial charge < -0.3 is 5.32 Å². The van der Waals surface area contributed by atoms with Crippen molar-refractivity contribution in [1.82, 2.24) is 14.9 Å². The van der Waals surface area contributed by atoms with Crippen LogP contribution < -0.4 is 5.32 Å². The van der Waals surface area contributed by atoms with Crippen molar-refractivity contribution in [2.45, 2.75) is 32.2 Å². The molecule has 1 unspecified atom stereocenters. The fourth-order valence-corrected chi connectivity index (χ4v) is 4.24. The van der Waals surface area contributed by atoms with Crippen molar-refractivity contribution < 1.29 is 0 Å². The van der Waals surface area contributed by atoms with Crippen molar-refractivity contribution in [3.8, 4) is 0 Å². The van der Waals surface area contributed by atoms with Gasteiger partial charge in [-0.3, -0.25) is 0 Å². The second kappa shape index (κ2) is 6.75. The fraction of sp³-hybridized carbons (Fsp3) is 0.500. The Bertz CT molecular complexity index is 495. The molecule has 0 spiro atoms. The average Bonchev–Trinajstić information content (AvgIpc) is 2.97. The van der Waals surface area contributed by atoms with Gasteiger partial charge in [0.05, 0.1) is 10.6 Å². The van der Waals surface area contributed by atoms with Crippen LogP contribution in [-0.4, -0.2) is 16.6 Å². The van der Waals surface area contributed by atoms with Crippen LogP contribution in [-0.2, 0) is 12.8 Å². The number of rotatable bonds is 6. The van der Waals surface area contributed by atoms with Gasteiger partial charge in [0.25, 0.3) is 0 Å². The maximum atomic E-state index is 4.25. The van der Waals surface area contributed by atoms with E-state index in [0.717, 1.165) is 25.0 Å². The first kappa shape index (κ1) is 14.1. The Kier molecular flexibility index (Phi) is 5.29. The maximum absolute atomic E-state index is 4.25. The van der Waals surface area contributed by atoms with Gasteiger partial charge in [0.1, 0.15) is 0 Å². The maximum Gasteiger partial charge on any atom is 0.0803 e. The average molecular weight is 346 g/mol. The van der Waals surface area contributed by atoms with E-state index in [0.29, 0.717) is 6.04 Å². The zero-order valence-electron chi connectivity index (χ0n) is 10.4. The first-order valence-electron chi connectivity index (χ1n) is 5.96. The van der Waals surface area contributed by atoms with E-state index in [1.165, 1.54) is 25.8 Å². The third-order valence-corrected chi connectivity index (χ3v) is 5.65. The Hall–Kier alpha value is -0.300. The molecule has 0 fully saturated rings.